The normalized spacial score (nSPS) is 11.1. The van der Waals surface area contributed by atoms with Crippen molar-refractivity contribution in [2.75, 3.05) is 5.73 Å². The number of nitrogen functional groups attached to an aromatic ring is 1. The van der Waals surface area contributed by atoms with Crippen LogP contribution in [0.4, 0.5) is 5.69 Å². The Morgan fingerprint density at radius 3 is 2.11 bits per heavy atom. The molecule has 0 heterocycles. The molecule has 0 fully saturated rings. The third-order valence-corrected chi connectivity index (χ3v) is 4.17. The summed E-state index contributed by atoms with van der Waals surface area (Å²) in [5.74, 6) is -1.44. The number of carbonyl (C=O) groups is 2. The lowest BCUT2D eigenvalue weighted by molar-refractivity contribution is 0.0264. The standard InChI is InChI=1S/C15H22O3.C7H7NO2/c1-3-5-6-9-12(4-2)18-15(17)13-10-7-8-11-14(13)16;8-6-4-2-1-3-5(6)7(9)10/h7-8,10-12,16H,3-6,9H2,1-2H3;1-4H,8H2,(H,9,10). The smallest absolute Gasteiger partial charge is 0.342 e. The van der Waals surface area contributed by atoms with Crippen LogP contribution in [0.5, 0.6) is 5.75 Å². The van der Waals surface area contributed by atoms with Gasteiger partial charge in [-0.1, -0.05) is 51.0 Å². The van der Waals surface area contributed by atoms with Crippen LogP contribution in [0.3, 0.4) is 0 Å². The number of para-hydroxylation sites is 2. The maximum absolute atomic E-state index is 11.9. The third-order valence-electron chi connectivity index (χ3n) is 4.17. The van der Waals surface area contributed by atoms with Crippen molar-refractivity contribution in [1.29, 1.82) is 0 Å². The Hall–Kier alpha value is -3.02. The minimum atomic E-state index is -0.988. The number of rotatable bonds is 8. The molecule has 0 aromatic heterocycles. The Morgan fingerprint density at radius 1 is 1.00 bits per heavy atom. The van der Waals surface area contributed by atoms with Crippen LogP contribution in [-0.2, 0) is 4.74 Å². The Balaban J connectivity index is 0.000000330. The second-order valence-electron chi connectivity index (χ2n) is 6.34. The van der Waals surface area contributed by atoms with E-state index in [2.05, 4.69) is 6.92 Å². The van der Waals surface area contributed by atoms with Crippen LogP contribution >= 0.6 is 0 Å². The van der Waals surface area contributed by atoms with Gasteiger partial charge < -0.3 is 20.7 Å². The van der Waals surface area contributed by atoms with Crippen molar-refractivity contribution >= 4 is 17.6 Å². The molecule has 6 heteroatoms. The van der Waals surface area contributed by atoms with E-state index in [0.717, 1.165) is 32.1 Å². The molecule has 6 nitrogen and oxygen atoms in total. The van der Waals surface area contributed by atoms with Crippen molar-refractivity contribution < 1.29 is 24.5 Å². The number of aromatic hydroxyl groups is 1. The summed E-state index contributed by atoms with van der Waals surface area (Å²) >= 11 is 0. The Kier molecular flexibility index (Phi) is 10.2. The Bertz CT molecular complexity index is 760. The topological polar surface area (TPSA) is 110 Å². The fourth-order valence-electron chi connectivity index (χ4n) is 2.52. The SMILES string of the molecule is CCCCCC(CC)OC(=O)c1ccccc1O.Nc1ccccc1C(=O)O. The van der Waals surface area contributed by atoms with Crippen molar-refractivity contribution in [3.8, 4) is 5.75 Å². The number of carboxylic acid groups (broad SMARTS) is 1. The van der Waals surface area contributed by atoms with Gasteiger partial charge >= 0.3 is 11.9 Å². The average Bonchev–Trinajstić information content (AvgIpc) is 2.68. The average molecular weight is 387 g/mol. The molecule has 2 rings (SSSR count). The lowest BCUT2D eigenvalue weighted by atomic mass is 10.1. The van der Waals surface area contributed by atoms with Gasteiger partial charge in [0.1, 0.15) is 17.4 Å². The first-order valence-corrected chi connectivity index (χ1v) is 9.47. The van der Waals surface area contributed by atoms with Crippen molar-refractivity contribution in [2.24, 2.45) is 0 Å². The van der Waals surface area contributed by atoms with Gasteiger partial charge in [0.05, 0.1) is 5.56 Å². The quantitative estimate of drug-likeness (QED) is 0.338. The number of ether oxygens (including phenoxy) is 1. The highest BCUT2D eigenvalue weighted by atomic mass is 16.5. The summed E-state index contributed by atoms with van der Waals surface area (Å²) in [5.41, 5.74) is 6.04. The van der Waals surface area contributed by atoms with Gasteiger partial charge in [-0.25, -0.2) is 9.59 Å². The highest BCUT2D eigenvalue weighted by molar-refractivity contribution is 5.93. The number of benzene rings is 2. The second-order valence-corrected chi connectivity index (χ2v) is 6.34. The van der Waals surface area contributed by atoms with Crippen molar-refractivity contribution in [3.63, 3.8) is 0 Å². The summed E-state index contributed by atoms with van der Waals surface area (Å²) in [6.07, 6.45) is 5.04. The molecule has 0 aliphatic carbocycles. The number of phenols is 1. The van der Waals surface area contributed by atoms with E-state index in [9.17, 15) is 14.7 Å². The van der Waals surface area contributed by atoms with Crippen LogP contribution in [-0.4, -0.2) is 28.3 Å². The fraction of sp³-hybridized carbons (Fsp3) is 0.364. The minimum absolute atomic E-state index is 0.0223. The van der Waals surface area contributed by atoms with Crippen molar-refractivity contribution in [2.45, 2.75) is 52.1 Å². The number of phenolic OH excluding ortho intramolecular Hbond substituents is 1. The van der Waals surface area contributed by atoms with Crippen LogP contribution in [0.2, 0.25) is 0 Å². The molecule has 0 aliphatic heterocycles. The van der Waals surface area contributed by atoms with E-state index < -0.39 is 11.9 Å². The lowest BCUT2D eigenvalue weighted by Gasteiger charge is -2.16. The number of hydrogen-bond donors (Lipinski definition) is 3. The van der Waals surface area contributed by atoms with E-state index in [0.29, 0.717) is 5.69 Å². The number of esters is 1. The Labute approximate surface area is 166 Å². The second kappa shape index (κ2) is 12.4. The zero-order chi connectivity index (χ0) is 20.9. The van der Waals surface area contributed by atoms with Gasteiger partial charge in [-0.2, -0.15) is 0 Å². The van der Waals surface area contributed by atoms with E-state index in [1.54, 1.807) is 36.4 Å². The summed E-state index contributed by atoms with van der Waals surface area (Å²) in [6.45, 7) is 4.16. The first-order chi connectivity index (χ1) is 13.4. The van der Waals surface area contributed by atoms with Crippen LogP contribution in [0.1, 0.15) is 66.7 Å². The van der Waals surface area contributed by atoms with E-state index in [-0.39, 0.29) is 23.0 Å². The molecule has 1 unspecified atom stereocenters. The van der Waals surface area contributed by atoms with Gasteiger partial charge in [-0.3, -0.25) is 0 Å². The molecule has 0 bridgehead atoms. The maximum atomic E-state index is 11.9. The summed E-state index contributed by atoms with van der Waals surface area (Å²) in [6, 6.07) is 12.8. The predicted molar refractivity (Wildman–Crippen MR) is 110 cm³/mol. The summed E-state index contributed by atoms with van der Waals surface area (Å²) in [5, 5.41) is 18.1. The number of carboxylic acids is 1. The number of carbonyl (C=O) groups excluding carboxylic acids is 1. The van der Waals surface area contributed by atoms with Crippen LogP contribution in [0, 0.1) is 0 Å². The fourth-order valence-corrected chi connectivity index (χ4v) is 2.52. The van der Waals surface area contributed by atoms with Crippen LogP contribution < -0.4 is 5.73 Å². The molecule has 0 aliphatic rings. The first-order valence-electron chi connectivity index (χ1n) is 9.47. The van der Waals surface area contributed by atoms with E-state index in [1.807, 2.05) is 6.92 Å². The molecule has 0 spiro atoms. The number of nitrogens with two attached hydrogens (primary N) is 1. The number of anilines is 1. The summed E-state index contributed by atoms with van der Waals surface area (Å²) < 4.78 is 5.41. The number of unbranched alkanes of at least 4 members (excludes halogenated alkanes) is 2. The highest BCUT2D eigenvalue weighted by Crippen LogP contribution is 2.19. The summed E-state index contributed by atoms with van der Waals surface area (Å²) in [4.78, 5) is 22.2. The van der Waals surface area contributed by atoms with Gasteiger partial charge in [0.15, 0.2) is 0 Å². The first kappa shape index (κ1) is 23.0. The highest BCUT2D eigenvalue weighted by Gasteiger charge is 2.16. The van der Waals surface area contributed by atoms with E-state index >= 15 is 0 Å². The van der Waals surface area contributed by atoms with E-state index in [4.69, 9.17) is 15.6 Å². The zero-order valence-corrected chi connectivity index (χ0v) is 16.4. The molecule has 0 radical (unpaired) electrons. The van der Waals surface area contributed by atoms with Crippen LogP contribution in [0.15, 0.2) is 48.5 Å². The molecular weight excluding hydrogens is 358 g/mol. The van der Waals surface area contributed by atoms with Gasteiger partial charge in [-0.15, -0.1) is 0 Å². The molecule has 28 heavy (non-hydrogen) atoms. The van der Waals surface area contributed by atoms with Gasteiger partial charge in [0, 0.05) is 5.69 Å². The zero-order valence-electron chi connectivity index (χ0n) is 16.4. The van der Waals surface area contributed by atoms with Gasteiger partial charge in [0.25, 0.3) is 0 Å². The Morgan fingerprint density at radius 2 is 1.61 bits per heavy atom. The van der Waals surface area contributed by atoms with Crippen molar-refractivity contribution in [3.05, 3.63) is 59.7 Å². The molecule has 0 amide bonds. The third kappa shape index (κ3) is 7.70. The lowest BCUT2D eigenvalue weighted by Crippen LogP contribution is -2.17. The molecule has 1 atom stereocenters. The molecule has 2 aromatic carbocycles. The predicted octanol–water partition coefficient (Wildman–Crippen LogP) is 4.87. The largest absolute Gasteiger partial charge is 0.507 e. The van der Waals surface area contributed by atoms with Crippen LogP contribution in [0.25, 0.3) is 0 Å². The van der Waals surface area contributed by atoms with Crippen molar-refractivity contribution in [1.82, 2.24) is 0 Å². The van der Waals surface area contributed by atoms with E-state index in [1.165, 1.54) is 12.1 Å². The molecular formula is C22H29NO5. The molecule has 2 aromatic rings. The molecule has 0 saturated heterocycles. The molecule has 4 N–H and O–H groups in total. The van der Waals surface area contributed by atoms with Gasteiger partial charge in [-0.05, 0) is 43.5 Å². The number of hydrogen-bond acceptors (Lipinski definition) is 5. The molecule has 0 saturated carbocycles. The maximum Gasteiger partial charge on any atom is 0.342 e. The summed E-state index contributed by atoms with van der Waals surface area (Å²) in [7, 11) is 0. The monoisotopic (exact) mass is 387 g/mol. The minimum Gasteiger partial charge on any atom is -0.507 e. The number of aromatic carboxylic acids is 1. The van der Waals surface area contributed by atoms with Gasteiger partial charge in [0.2, 0.25) is 0 Å². The molecule has 152 valence electrons.